The Balaban J connectivity index is 3.31. The summed E-state index contributed by atoms with van der Waals surface area (Å²) in [4.78, 5) is 22.0. The van der Waals surface area contributed by atoms with Crippen molar-refractivity contribution in [2.24, 2.45) is 0 Å². The van der Waals surface area contributed by atoms with E-state index in [0.717, 1.165) is 0 Å². The Morgan fingerprint density at radius 3 is 1.31 bits per heavy atom. The minimum absolute atomic E-state index is 0.302. The monoisotopic (exact) mass is 270 g/mol. The van der Waals surface area contributed by atoms with Gasteiger partial charge in [-0.25, -0.2) is 9.59 Å². The van der Waals surface area contributed by atoms with Gasteiger partial charge in [0.15, 0.2) is 0 Å². The number of hydrogen-bond acceptors (Lipinski definition) is 2. The first kappa shape index (κ1) is 15.1. The van der Waals surface area contributed by atoms with E-state index in [1.807, 2.05) is 0 Å². The summed E-state index contributed by atoms with van der Waals surface area (Å²) in [6.07, 6.45) is 0. The topological polar surface area (TPSA) is 82.3 Å². The van der Waals surface area contributed by atoms with Crippen molar-refractivity contribution in [1.82, 2.24) is 21.3 Å². The van der Waals surface area contributed by atoms with Gasteiger partial charge in [0.05, 0.1) is 0 Å². The van der Waals surface area contributed by atoms with Crippen LogP contribution in [0.5, 0.6) is 0 Å². The van der Waals surface area contributed by atoms with Crippen molar-refractivity contribution in [3.63, 3.8) is 0 Å². The van der Waals surface area contributed by atoms with Gasteiger partial charge in [-0.2, -0.15) is 0 Å². The minimum atomic E-state index is -0.302. The molecule has 94 valence electrons. The lowest BCUT2D eigenvalue weighted by atomic mass is 10.6. The van der Waals surface area contributed by atoms with E-state index in [1.54, 1.807) is 0 Å². The lowest BCUT2D eigenvalue weighted by molar-refractivity contribution is 0.237. The van der Waals surface area contributed by atoms with E-state index in [-0.39, 0.29) is 12.1 Å². The highest BCUT2D eigenvalue weighted by molar-refractivity contribution is 6.18. The molecule has 0 fully saturated rings. The predicted octanol–water partition coefficient (Wildman–Crippen LogP) is 0.0624. The number of carbonyl (C=O) groups is 2. The summed E-state index contributed by atoms with van der Waals surface area (Å²) in [7, 11) is 0. The summed E-state index contributed by atoms with van der Waals surface area (Å²) in [5.41, 5.74) is 0. The summed E-state index contributed by atoms with van der Waals surface area (Å²) in [6, 6.07) is -0.604. The molecule has 0 aliphatic carbocycles. The fourth-order valence-corrected chi connectivity index (χ4v) is 0.988. The number of rotatable bonds is 7. The number of amides is 4. The minimum Gasteiger partial charge on any atom is -0.337 e. The summed E-state index contributed by atoms with van der Waals surface area (Å²) in [5, 5.41) is 10.2. The molecule has 0 heterocycles. The van der Waals surface area contributed by atoms with Crippen LogP contribution in [0.15, 0.2) is 0 Å². The van der Waals surface area contributed by atoms with Gasteiger partial charge in [0.2, 0.25) is 0 Å². The highest BCUT2D eigenvalue weighted by Crippen LogP contribution is 1.72. The standard InChI is InChI=1S/C8H16Cl2N4O2/c9-1-3-11-7(15)13-5-6-14-8(16)12-4-2-10/h1-6H2,(H2,11,13,15)(H2,12,14,16). The Labute approximate surface area is 104 Å². The van der Waals surface area contributed by atoms with Crippen molar-refractivity contribution in [3.8, 4) is 0 Å². The molecule has 4 amide bonds. The maximum absolute atomic E-state index is 11.0. The number of halogens is 2. The molecule has 0 aliphatic rings. The van der Waals surface area contributed by atoms with Crippen molar-refractivity contribution in [1.29, 1.82) is 0 Å². The van der Waals surface area contributed by atoms with Gasteiger partial charge in [-0.3, -0.25) is 0 Å². The van der Waals surface area contributed by atoms with E-state index >= 15 is 0 Å². The van der Waals surface area contributed by atoms with Crippen LogP contribution in [0.25, 0.3) is 0 Å². The van der Waals surface area contributed by atoms with E-state index in [9.17, 15) is 9.59 Å². The van der Waals surface area contributed by atoms with Gasteiger partial charge in [0.1, 0.15) is 0 Å². The molecule has 6 nitrogen and oxygen atoms in total. The lowest BCUT2D eigenvalue weighted by Crippen LogP contribution is -2.43. The fourth-order valence-electron chi connectivity index (χ4n) is 0.799. The molecule has 0 bridgehead atoms. The number of carbonyl (C=O) groups excluding carboxylic acids is 2. The summed E-state index contributed by atoms with van der Waals surface area (Å²) < 4.78 is 0. The van der Waals surface area contributed by atoms with Crippen molar-refractivity contribution in [2.75, 3.05) is 37.9 Å². The zero-order valence-corrected chi connectivity index (χ0v) is 10.3. The van der Waals surface area contributed by atoms with Crippen LogP contribution in [0.3, 0.4) is 0 Å². The SMILES string of the molecule is O=C(NCCCl)NCCNC(=O)NCCCl. The van der Waals surface area contributed by atoms with Gasteiger partial charge in [-0.1, -0.05) is 0 Å². The Bertz CT molecular complexity index is 194. The van der Waals surface area contributed by atoms with E-state index in [1.165, 1.54) is 0 Å². The molecule has 0 aromatic heterocycles. The molecular weight excluding hydrogens is 255 g/mol. The van der Waals surface area contributed by atoms with Gasteiger partial charge >= 0.3 is 12.1 Å². The molecule has 16 heavy (non-hydrogen) atoms. The highest BCUT2D eigenvalue weighted by atomic mass is 35.5. The second-order valence-corrected chi connectivity index (χ2v) is 3.50. The van der Waals surface area contributed by atoms with Crippen LogP contribution >= 0.6 is 23.2 Å². The predicted molar refractivity (Wildman–Crippen MR) is 64.2 cm³/mol. The van der Waals surface area contributed by atoms with Crippen LogP contribution in [0.1, 0.15) is 0 Å². The number of urea groups is 2. The zero-order chi connectivity index (χ0) is 12.2. The third-order valence-electron chi connectivity index (χ3n) is 1.46. The molecule has 0 atom stereocenters. The first-order chi connectivity index (χ1) is 7.70. The third kappa shape index (κ3) is 9.67. The summed E-state index contributed by atoms with van der Waals surface area (Å²) in [6.45, 7) is 1.53. The van der Waals surface area contributed by atoms with Crippen molar-refractivity contribution in [3.05, 3.63) is 0 Å². The molecule has 0 saturated heterocycles. The maximum Gasteiger partial charge on any atom is 0.314 e. The molecule has 0 saturated carbocycles. The molecule has 0 radical (unpaired) electrons. The molecule has 0 unspecified atom stereocenters. The first-order valence-electron chi connectivity index (χ1n) is 4.86. The van der Waals surface area contributed by atoms with Crippen LogP contribution in [0.4, 0.5) is 9.59 Å². The van der Waals surface area contributed by atoms with Crippen LogP contribution in [-0.2, 0) is 0 Å². The molecule has 0 rings (SSSR count). The molecule has 8 heteroatoms. The van der Waals surface area contributed by atoms with E-state index < -0.39 is 0 Å². The maximum atomic E-state index is 11.0. The molecule has 0 aliphatic heterocycles. The van der Waals surface area contributed by atoms with Gasteiger partial charge in [-0.15, -0.1) is 23.2 Å². The van der Waals surface area contributed by atoms with Crippen molar-refractivity contribution < 1.29 is 9.59 Å². The lowest BCUT2D eigenvalue weighted by Gasteiger charge is -2.08. The second kappa shape index (κ2) is 10.6. The fraction of sp³-hybridized carbons (Fsp3) is 0.750. The van der Waals surface area contributed by atoms with Crippen LogP contribution < -0.4 is 21.3 Å². The average Bonchev–Trinajstić information content (AvgIpc) is 2.29. The van der Waals surface area contributed by atoms with E-state index in [2.05, 4.69) is 21.3 Å². The Hall–Kier alpha value is -0.880. The van der Waals surface area contributed by atoms with E-state index in [4.69, 9.17) is 23.2 Å². The first-order valence-corrected chi connectivity index (χ1v) is 5.93. The quantitative estimate of drug-likeness (QED) is 0.390. The summed E-state index contributed by atoms with van der Waals surface area (Å²) in [5.74, 6) is 0.735. The van der Waals surface area contributed by atoms with Gasteiger partial charge < -0.3 is 21.3 Å². The van der Waals surface area contributed by atoms with E-state index in [0.29, 0.717) is 37.9 Å². The number of alkyl halides is 2. The normalized spacial score (nSPS) is 9.38. The molecular formula is C8H16Cl2N4O2. The zero-order valence-electron chi connectivity index (χ0n) is 8.82. The molecule has 0 aromatic rings. The Kier molecular flexibility index (Phi) is 10.0. The molecule has 4 N–H and O–H groups in total. The Morgan fingerprint density at radius 2 is 1.00 bits per heavy atom. The highest BCUT2D eigenvalue weighted by Gasteiger charge is 1.99. The molecule has 0 spiro atoms. The van der Waals surface area contributed by atoms with Gasteiger partial charge in [0.25, 0.3) is 0 Å². The largest absolute Gasteiger partial charge is 0.337 e. The number of nitrogens with one attached hydrogen (secondary N) is 4. The smallest absolute Gasteiger partial charge is 0.314 e. The number of hydrogen-bond donors (Lipinski definition) is 4. The summed E-state index contributed by atoms with van der Waals surface area (Å²) >= 11 is 10.8. The average molecular weight is 271 g/mol. The van der Waals surface area contributed by atoms with Crippen LogP contribution in [-0.4, -0.2) is 50.0 Å². The Morgan fingerprint density at radius 1 is 0.688 bits per heavy atom. The van der Waals surface area contributed by atoms with Gasteiger partial charge in [0, 0.05) is 37.9 Å². The van der Waals surface area contributed by atoms with Crippen LogP contribution in [0, 0.1) is 0 Å². The van der Waals surface area contributed by atoms with Crippen molar-refractivity contribution >= 4 is 35.3 Å². The molecule has 0 aromatic carbocycles. The second-order valence-electron chi connectivity index (χ2n) is 2.74. The van der Waals surface area contributed by atoms with Crippen LogP contribution in [0.2, 0.25) is 0 Å². The van der Waals surface area contributed by atoms with Crippen molar-refractivity contribution in [2.45, 2.75) is 0 Å². The third-order valence-corrected chi connectivity index (χ3v) is 1.83. The van der Waals surface area contributed by atoms with Gasteiger partial charge in [-0.05, 0) is 0 Å².